The van der Waals surface area contributed by atoms with E-state index < -0.39 is 6.10 Å². The zero-order valence-electron chi connectivity index (χ0n) is 10.5. The lowest BCUT2D eigenvalue weighted by Crippen LogP contribution is -2.55. The van der Waals surface area contributed by atoms with Crippen molar-refractivity contribution < 1.29 is 19.3 Å². The molecule has 3 atom stereocenters. The first-order valence-corrected chi connectivity index (χ1v) is 6.77. The molecule has 1 fully saturated rings. The van der Waals surface area contributed by atoms with Crippen LogP contribution in [-0.4, -0.2) is 43.7 Å². The van der Waals surface area contributed by atoms with Gasteiger partial charge in [0, 0.05) is 18.6 Å². The molecule has 0 spiro atoms. The Labute approximate surface area is 122 Å². The lowest BCUT2D eigenvalue weighted by Gasteiger charge is -2.40. The van der Waals surface area contributed by atoms with Crippen LogP contribution in [0.1, 0.15) is 6.42 Å². The van der Waals surface area contributed by atoms with Gasteiger partial charge in [-0.25, -0.2) is 0 Å². The maximum atomic E-state index is 9.67. The standard InChI is InChI=1S/C13H16Cl2O4/c1-17-4-5-18-13-10(16)7-12(13)19-11-3-2-8(14)6-9(11)15/h2-3,6,10,12-13,16H,4-5,7H2,1H3. The molecule has 1 aromatic rings. The quantitative estimate of drug-likeness (QED) is 0.821. The van der Waals surface area contributed by atoms with E-state index in [1.165, 1.54) is 0 Å². The van der Waals surface area contributed by atoms with Gasteiger partial charge < -0.3 is 19.3 Å². The second-order valence-corrected chi connectivity index (χ2v) is 5.21. The largest absolute Gasteiger partial charge is 0.486 e. The van der Waals surface area contributed by atoms with Gasteiger partial charge in [0.1, 0.15) is 18.0 Å². The minimum atomic E-state index is -0.507. The van der Waals surface area contributed by atoms with Crippen LogP contribution in [0, 0.1) is 0 Å². The summed E-state index contributed by atoms with van der Waals surface area (Å²) in [6.45, 7) is 0.907. The van der Waals surface area contributed by atoms with Gasteiger partial charge in [0.25, 0.3) is 0 Å². The summed E-state index contributed by atoms with van der Waals surface area (Å²) >= 11 is 11.9. The summed E-state index contributed by atoms with van der Waals surface area (Å²) in [6, 6.07) is 5.04. The summed E-state index contributed by atoms with van der Waals surface area (Å²) < 4.78 is 16.1. The molecule has 0 aromatic heterocycles. The highest BCUT2D eigenvalue weighted by Crippen LogP contribution is 2.33. The van der Waals surface area contributed by atoms with Crippen molar-refractivity contribution in [2.45, 2.75) is 24.7 Å². The van der Waals surface area contributed by atoms with Gasteiger partial charge in [-0.2, -0.15) is 0 Å². The second-order valence-electron chi connectivity index (χ2n) is 4.36. The van der Waals surface area contributed by atoms with Crippen LogP contribution in [0.4, 0.5) is 0 Å². The monoisotopic (exact) mass is 306 g/mol. The van der Waals surface area contributed by atoms with E-state index in [1.54, 1.807) is 25.3 Å². The Morgan fingerprint density at radius 1 is 1.32 bits per heavy atom. The number of hydrogen-bond donors (Lipinski definition) is 1. The molecule has 1 saturated carbocycles. The van der Waals surface area contributed by atoms with E-state index in [4.69, 9.17) is 37.4 Å². The van der Waals surface area contributed by atoms with E-state index in [2.05, 4.69) is 0 Å². The fraction of sp³-hybridized carbons (Fsp3) is 0.538. The van der Waals surface area contributed by atoms with Gasteiger partial charge in [-0.05, 0) is 18.2 Å². The molecule has 0 aliphatic heterocycles. The van der Waals surface area contributed by atoms with Gasteiger partial charge in [0.15, 0.2) is 0 Å². The average Bonchev–Trinajstić information content (AvgIpc) is 2.37. The van der Waals surface area contributed by atoms with Gasteiger partial charge in [-0.15, -0.1) is 0 Å². The summed E-state index contributed by atoms with van der Waals surface area (Å²) in [5.74, 6) is 0.545. The summed E-state index contributed by atoms with van der Waals surface area (Å²) in [7, 11) is 1.60. The molecule has 1 aliphatic rings. The summed E-state index contributed by atoms with van der Waals surface area (Å²) in [5, 5.41) is 10.7. The van der Waals surface area contributed by atoms with Gasteiger partial charge >= 0.3 is 0 Å². The number of ether oxygens (including phenoxy) is 3. The van der Waals surface area contributed by atoms with Gasteiger partial charge in [-0.3, -0.25) is 0 Å². The first-order valence-electron chi connectivity index (χ1n) is 6.02. The Bertz CT molecular complexity index is 427. The summed E-state index contributed by atoms with van der Waals surface area (Å²) in [5.41, 5.74) is 0. The average molecular weight is 307 g/mol. The smallest absolute Gasteiger partial charge is 0.138 e. The molecule has 106 valence electrons. The minimum Gasteiger partial charge on any atom is -0.486 e. The predicted molar refractivity (Wildman–Crippen MR) is 73.1 cm³/mol. The van der Waals surface area contributed by atoms with E-state index >= 15 is 0 Å². The Morgan fingerprint density at radius 2 is 2.11 bits per heavy atom. The van der Waals surface area contributed by atoms with Crippen molar-refractivity contribution in [2.75, 3.05) is 20.3 Å². The molecular formula is C13H16Cl2O4. The Balaban J connectivity index is 1.91. The Morgan fingerprint density at radius 3 is 2.74 bits per heavy atom. The highest BCUT2D eigenvalue weighted by molar-refractivity contribution is 6.35. The molecule has 1 aromatic carbocycles. The van der Waals surface area contributed by atoms with Crippen LogP contribution in [0.3, 0.4) is 0 Å². The number of halogens is 2. The first-order chi connectivity index (χ1) is 9.11. The molecule has 0 radical (unpaired) electrons. The third-order valence-corrected chi connectivity index (χ3v) is 3.52. The third kappa shape index (κ3) is 3.74. The topological polar surface area (TPSA) is 47.9 Å². The van der Waals surface area contributed by atoms with Crippen molar-refractivity contribution in [3.63, 3.8) is 0 Å². The van der Waals surface area contributed by atoms with Crippen molar-refractivity contribution >= 4 is 23.2 Å². The lowest BCUT2D eigenvalue weighted by atomic mass is 9.88. The normalized spacial score (nSPS) is 26.0. The zero-order valence-corrected chi connectivity index (χ0v) is 12.0. The molecule has 1 N–H and O–H groups in total. The molecule has 2 rings (SSSR count). The van der Waals surface area contributed by atoms with Crippen molar-refractivity contribution in [3.05, 3.63) is 28.2 Å². The molecule has 6 heteroatoms. The highest BCUT2D eigenvalue weighted by Gasteiger charge is 2.43. The minimum absolute atomic E-state index is 0.203. The van der Waals surface area contributed by atoms with E-state index in [-0.39, 0.29) is 12.2 Å². The van der Waals surface area contributed by atoms with E-state index in [1.807, 2.05) is 0 Å². The second kappa shape index (κ2) is 6.77. The Hall–Kier alpha value is -0.520. The molecule has 1 aliphatic carbocycles. The fourth-order valence-electron chi connectivity index (χ4n) is 1.89. The molecule has 19 heavy (non-hydrogen) atoms. The van der Waals surface area contributed by atoms with Crippen LogP contribution in [0.2, 0.25) is 10.0 Å². The molecule has 0 bridgehead atoms. The van der Waals surface area contributed by atoms with Gasteiger partial charge in [0.2, 0.25) is 0 Å². The van der Waals surface area contributed by atoms with Crippen molar-refractivity contribution in [1.82, 2.24) is 0 Å². The number of hydrogen-bond acceptors (Lipinski definition) is 4. The van der Waals surface area contributed by atoms with Crippen molar-refractivity contribution in [3.8, 4) is 5.75 Å². The maximum absolute atomic E-state index is 9.67. The van der Waals surface area contributed by atoms with E-state index in [9.17, 15) is 5.11 Å². The molecule has 0 amide bonds. The van der Waals surface area contributed by atoms with Crippen LogP contribution in [0.5, 0.6) is 5.75 Å². The molecular weight excluding hydrogens is 291 g/mol. The van der Waals surface area contributed by atoms with Crippen molar-refractivity contribution in [1.29, 1.82) is 0 Å². The number of aliphatic hydroxyl groups is 1. The van der Waals surface area contributed by atoms with Crippen LogP contribution < -0.4 is 4.74 Å². The number of rotatable bonds is 6. The highest BCUT2D eigenvalue weighted by atomic mass is 35.5. The molecule has 4 nitrogen and oxygen atoms in total. The molecule has 0 heterocycles. The number of aliphatic hydroxyl groups excluding tert-OH is 1. The van der Waals surface area contributed by atoms with Crippen LogP contribution >= 0.6 is 23.2 Å². The van der Waals surface area contributed by atoms with Crippen LogP contribution in [0.25, 0.3) is 0 Å². The Kier molecular flexibility index (Phi) is 5.30. The van der Waals surface area contributed by atoms with Crippen molar-refractivity contribution in [2.24, 2.45) is 0 Å². The van der Waals surface area contributed by atoms with E-state index in [0.717, 1.165) is 0 Å². The number of methoxy groups -OCH3 is 1. The predicted octanol–water partition coefficient (Wildman–Crippen LogP) is 2.54. The SMILES string of the molecule is COCCOC1C(O)CC1Oc1ccc(Cl)cc1Cl. The van der Waals surface area contributed by atoms with Crippen LogP contribution in [0.15, 0.2) is 18.2 Å². The fourth-order valence-corrected chi connectivity index (χ4v) is 2.35. The van der Waals surface area contributed by atoms with E-state index in [0.29, 0.717) is 35.4 Å². The molecule has 3 unspecified atom stereocenters. The first kappa shape index (κ1) is 14.9. The zero-order chi connectivity index (χ0) is 13.8. The molecule has 0 saturated heterocycles. The van der Waals surface area contributed by atoms with Gasteiger partial charge in [-0.1, -0.05) is 23.2 Å². The van der Waals surface area contributed by atoms with Gasteiger partial charge in [0.05, 0.1) is 24.3 Å². The lowest BCUT2D eigenvalue weighted by molar-refractivity contribution is -0.167. The maximum Gasteiger partial charge on any atom is 0.138 e. The third-order valence-electron chi connectivity index (χ3n) is 2.99. The summed E-state index contributed by atoms with van der Waals surface area (Å²) in [6.07, 6.45) is -0.531. The number of benzene rings is 1. The summed E-state index contributed by atoms with van der Waals surface area (Å²) in [4.78, 5) is 0. The van der Waals surface area contributed by atoms with Crippen LogP contribution in [-0.2, 0) is 9.47 Å².